The Labute approximate surface area is 138 Å². The largest absolute Gasteiger partial charge is 0.398 e. The third-order valence-corrected chi connectivity index (χ3v) is 5.73. The molecule has 0 saturated carbocycles. The van der Waals surface area contributed by atoms with Crippen molar-refractivity contribution in [3.63, 3.8) is 0 Å². The van der Waals surface area contributed by atoms with E-state index in [0.717, 1.165) is 0 Å². The lowest BCUT2D eigenvalue weighted by atomic mass is 10.3. The predicted octanol–water partition coefficient (Wildman–Crippen LogP) is 4.25. The molecule has 106 valence electrons. The maximum absolute atomic E-state index is 12.2. The van der Waals surface area contributed by atoms with Crippen LogP contribution < -0.4 is 10.5 Å². The van der Waals surface area contributed by atoms with Crippen molar-refractivity contribution < 1.29 is 8.42 Å². The van der Waals surface area contributed by atoms with Crippen LogP contribution in [0.4, 0.5) is 11.4 Å². The lowest BCUT2D eigenvalue weighted by Gasteiger charge is -2.10. The van der Waals surface area contributed by atoms with Crippen molar-refractivity contribution in [2.45, 2.75) is 4.90 Å². The Morgan fingerprint density at radius 1 is 1.05 bits per heavy atom. The van der Waals surface area contributed by atoms with Crippen LogP contribution in [0, 0.1) is 0 Å². The number of benzene rings is 2. The van der Waals surface area contributed by atoms with Crippen LogP contribution >= 0.6 is 43.5 Å². The lowest BCUT2D eigenvalue weighted by Crippen LogP contribution is -2.13. The van der Waals surface area contributed by atoms with Crippen molar-refractivity contribution in [2.75, 3.05) is 10.5 Å². The lowest BCUT2D eigenvalue weighted by molar-refractivity contribution is 0.601. The highest BCUT2D eigenvalue weighted by atomic mass is 79.9. The SMILES string of the molecule is Nc1ccc(NS(=O)(=O)c2ccc(Cl)c(Br)c2)cc1Br. The van der Waals surface area contributed by atoms with Crippen LogP contribution in [0.2, 0.25) is 5.02 Å². The monoisotopic (exact) mass is 438 g/mol. The summed E-state index contributed by atoms with van der Waals surface area (Å²) in [7, 11) is -3.68. The van der Waals surface area contributed by atoms with E-state index in [1.807, 2.05) is 0 Å². The molecule has 0 saturated heterocycles. The van der Waals surface area contributed by atoms with Gasteiger partial charge in [-0.1, -0.05) is 11.6 Å². The van der Waals surface area contributed by atoms with E-state index in [-0.39, 0.29) is 4.90 Å². The number of nitrogens with two attached hydrogens (primary N) is 1. The van der Waals surface area contributed by atoms with Crippen LogP contribution in [-0.2, 0) is 10.0 Å². The summed E-state index contributed by atoms with van der Waals surface area (Å²) in [4.78, 5) is 0.113. The maximum Gasteiger partial charge on any atom is 0.261 e. The van der Waals surface area contributed by atoms with E-state index >= 15 is 0 Å². The Bertz CT molecular complexity index is 766. The molecule has 0 bridgehead atoms. The summed E-state index contributed by atoms with van der Waals surface area (Å²) >= 11 is 12.3. The molecule has 4 nitrogen and oxygen atoms in total. The molecule has 0 fully saturated rings. The molecule has 3 N–H and O–H groups in total. The summed E-state index contributed by atoms with van der Waals surface area (Å²) in [5, 5.41) is 0.444. The van der Waals surface area contributed by atoms with Gasteiger partial charge in [-0.05, 0) is 68.3 Å². The van der Waals surface area contributed by atoms with Crippen LogP contribution in [0.5, 0.6) is 0 Å². The van der Waals surface area contributed by atoms with Crippen LogP contribution in [-0.4, -0.2) is 8.42 Å². The van der Waals surface area contributed by atoms with Crippen molar-refractivity contribution in [3.05, 3.63) is 50.4 Å². The summed E-state index contributed by atoms with van der Waals surface area (Å²) in [6.45, 7) is 0. The van der Waals surface area contributed by atoms with Gasteiger partial charge in [0, 0.05) is 14.6 Å². The van der Waals surface area contributed by atoms with Gasteiger partial charge in [-0.25, -0.2) is 8.42 Å². The van der Waals surface area contributed by atoms with Crippen LogP contribution in [0.1, 0.15) is 0 Å². The first kappa shape index (κ1) is 15.6. The minimum absolute atomic E-state index is 0.113. The van der Waals surface area contributed by atoms with Crippen molar-refractivity contribution in [3.8, 4) is 0 Å². The summed E-state index contributed by atoms with van der Waals surface area (Å²) in [5.74, 6) is 0. The highest BCUT2D eigenvalue weighted by Crippen LogP contribution is 2.28. The summed E-state index contributed by atoms with van der Waals surface area (Å²) in [6, 6.07) is 9.18. The van der Waals surface area contributed by atoms with Crippen molar-refractivity contribution >= 4 is 64.9 Å². The summed E-state index contributed by atoms with van der Waals surface area (Å²) in [6.07, 6.45) is 0. The van der Waals surface area contributed by atoms with E-state index in [1.54, 1.807) is 18.2 Å². The average molecular weight is 441 g/mol. The molecular formula is C12H9Br2ClN2O2S. The fraction of sp³-hybridized carbons (Fsp3) is 0. The minimum Gasteiger partial charge on any atom is -0.398 e. The predicted molar refractivity (Wildman–Crippen MR) is 88.5 cm³/mol. The van der Waals surface area contributed by atoms with Gasteiger partial charge in [-0.3, -0.25) is 4.72 Å². The number of hydrogen-bond donors (Lipinski definition) is 2. The van der Waals surface area contributed by atoms with Gasteiger partial charge >= 0.3 is 0 Å². The average Bonchev–Trinajstić information content (AvgIpc) is 2.37. The first-order valence-corrected chi connectivity index (χ1v) is 8.77. The van der Waals surface area contributed by atoms with E-state index in [0.29, 0.717) is 25.3 Å². The van der Waals surface area contributed by atoms with Crippen LogP contribution in [0.15, 0.2) is 50.2 Å². The van der Waals surface area contributed by atoms with E-state index in [1.165, 1.54) is 18.2 Å². The highest BCUT2D eigenvalue weighted by Gasteiger charge is 2.15. The number of nitrogen functional groups attached to an aromatic ring is 1. The second kappa shape index (κ2) is 5.93. The summed E-state index contributed by atoms with van der Waals surface area (Å²) < 4.78 is 28.1. The van der Waals surface area contributed by atoms with Gasteiger partial charge in [0.1, 0.15) is 0 Å². The number of sulfonamides is 1. The molecule has 0 amide bonds. The van der Waals surface area contributed by atoms with Crippen LogP contribution in [0.3, 0.4) is 0 Å². The van der Waals surface area contributed by atoms with Gasteiger partial charge in [0.2, 0.25) is 0 Å². The number of nitrogens with one attached hydrogen (secondary N) is 1. The molecule has 2 rings (SSSR count). The Morgan fingerprint density at radius 2 is 1.75 bits per heavy atom. The smallest absolute Gasteiger partial charge is 0.261 e. The second-order valence-corrected chi connectivity index (χ2v) is 7.72. The third-order valence-electron chi connectivity index (χ3n) is 2.45. The molecule has 0 unspecified atom stereocenters. The zero-order valence-corrected chi connectivity index (χ0v) is 14.6. The van der Waals surface area contributed by atoms with Gasteiger partial charge in [0.05, 0.1) is 15.6 Å². The molecular weight excluding hydrogens is 431 g/mol. The molecule has 0 aliphatic carbocycles. The first-order chi connectivity index (χ1) is 9.29. The van der Waals surface area contributed by atoms with E-state index in [4.69, 9.17) is 17.3 Å². The molecule has 0 atom stereocenters. The van der Waals surface area contributed by atoms with Gasteiger partial charge in [-0.2, -0.15) is 0 Å². The fourth-order valence-corrected chi connectivity index (χ4v) is 3.55. The number of hydrogen-bond acceptors (Lipinski definition) is 3. The van der Waals surface area contributed by atoms with Gasteiger partial charge in [0.25, 0.3) is 10.0 Å². The maximum atomic E-state index is 12.2. The normalized spacial score (nSPS) is 11.3. The van der Waals surface area contributed by atoms with Gasteiger partial charge < -0.3 is 5.73 Å². The Balaban J connectivity index is 2.35. The Hall–Kier alpha value is -0.760. The zero-order chi connectivity index (χ0) is 14.9. The molecule has 0 radical (unpaired) electrons. The van der Waals surface area contributed by atoms with E-state index in [9.17, 15) is 8.42 Å². The molecule has 0 aliphatic heterocycles. The molecule has 20 heavy (non-hydrogen) atoms. The van der Waals surface area contributed by atoms with Gasteiger partial charge in [0.15, 0.2) is 0 Å². The third kappa shape index (κ3) is 3.46. The molecule has 0 aromatic heterocycles. The minimum atomic E-state index is -3.68. The number of rotatable bonds is 3. The van der Waals surface area contributed by atoms with Gasteiger partial charge in [-0.15, -0.1) is 0 Å². The number of halogens is 3. The number of anilines is 2. The summed E-state index contributed by atoms with van der Waals surface area (Å²) in [5.41, 5.74) is 6.60. The molecule has 2 aromatic carbocycles. The topological polar surface area (TPSA) is 72.2 Å². The van der Waals surface area contributed by atoms with Crippen molar-refractivity contribution in [1.82, 2.24) is 0 Å². The van der Waals surface area contributed by atoms with Crippen molar-refractivity contribution in [2.24, 2.45) is 0 Å². The van der Waals surface area contributed by atoms with E-state index in [2.05, 4.69) is 36.6 Å². The second-order valence-electron chi connectivity index (χ2n) is 3.92. The van der Waals surface area contributed by atoms with Crippen LogP contribution in [0.25, 0.3) is 0 Å². The molecule has 0 heterocycles. The highest BCUT2D eigenvalue weighted by molar-refractivity contribution is 9.11. The zero-order valence-electron chi connectivity index (χ0n) is 9.90. The molecule has 2 aromatic rings. The van der Waals surface area contributed by atoms with E-state index < -0.39 is 10.0 Å². The Morgan fingerprint density at radius 3 is 2.35 bits per heavy atom. The molecule has 0 spiro atoms. The molecule has 8 heteroatoms. The van der Waals surface area contributed by atoms with Crippen molar-refractivity contribution in [1.29, 1.82) is 0 Å². The quantitative estimate of drug-likeness (QED) is 0.701. The molecule has 0 aliphatic rings. The fourth-order valence-electron chi connectivity index (χ4n) is 1.45. The first-order valence-electron chi connectivity index (χ1n) is 5.32. The Kier molecular flexibility index (Phi) is 4.63. The standard InChI is InChI=1S/C12H9Br2ClN2O2S/c13-9-6-8(2-3-11(9)15)20(18,19)17-7-1-4-12(16)10(14)5-7/h1-6,17H,16H2.